The Labute approximate surface area is 125 Å². The molecule has 20 heavy (non-hydrogen) atoms. The number of rotatable bonds is 10. The molecule has 0 amide bonds. The van der Waals surface area contributed by atoms with Crippen LogP contribution in [0.15, 0.2) is 24.3 Å². The summed E-state index contributed by atoms with van der Waals surface area (Å²) in [7, 11) is 0. The summed E-state index contributed by atoms with van der Waals surface area (Å²) < 4.78 is 5.78. The van der Waals surface area contributed by atoms with Crippen molar-refractivity contribution >= 4 is 0 Å². The first-order valence-electron chi connectivity index (χ1n) is 8.10. The van der Waals surface area contributed by atoms with Crippen molar-refractivity contribution in [2.75, 3.05) is 19.7 Å². The molecule has 0 saturated heterocycles. The van der Waals surface area contributed by atoms with E-state index in [1.165, 1.54) is 31.4 Å². The monoisotopic (exact) mass is 277 g/mol. The van der Waals surface area contributed by atoms with Crippen LogP contribution >= 0.6 is 0 Å². The van der Waals surface area contributed by atoms with Gasteiger partial charge in [-0.1, -0.05) is 26.0 Å². The van der Waals surface area contributed by atoms with Gasteiger partial charge in [0.15, 0.2) is 0 Å². The molecule has 0 bridgehead atoms. The molecule has 0 aliphatic heterocycles. The minimum Gasteiger partial charge on any atom is -0.494 e. The van der Waals surface area contributed by atoms with Gasteiger partial charge in [0.1, 0.15) is 5.75 Å². The van der Waals surface area contributed by atoms with Crippen molar-refractivity contribution in [3.63, 3.8) is 0 Å². The van der Waals surface area contributed by atoms with Crippen LogP contribution in [0, 0.1) is 6.92 Å². The average molecular weight is 277 g/mol. The summed E-state index contributed by atoms with van der Waals surface area (Å²) in [4.78, 5) is 2.57. The third kappa shape index (κ3) is 6.42. The van der Waals surface area contributed by atoms with Crippen LogP contribution in [0.1, 0.15) is 52.0 Å². The van der Waals surface area contributed by atoms with Crippen LogP contribution in [-0.4, -0.2) is 30.6 Å². The van der Waals surface area contributed by atoms with E-state index in [4.69, 9.17) is 4.74 Å². The van der Waals surface area contributed by atoms with E-state index in [-0.39, 0.29) is 0 Å². The Morgan fingerprint density at radius 2 is 1.95 bits per heavy atom. The van der Waals surface area contributed by atoms with E-state index >= 15 is 0 Å². The van der Waals surface area contributed by atoms with Gasteiger partial charge in [0.05, 0.1) is 6.61 Å². The highest BCUT2D eigenvalue weighted by Gasteiger charge is 2.08. The molecule has 0 aliphatic carbocycles. The molecule has 1 rings (SSSR count). The molecule has 0 fully saturated rings. The third-order valence-electron chi connectivity index (χ3n) is 3.97. The van der Waals surface area contributed by atoms with Crippen molar-refractivity contribution in [3.8, 4) is 5.75 Å². The quantitative estimate of drug-likeness (QED) is 0.576. The predicted molar refractivity (Wildman–Crippen MR) is 87.5 cm³/mol. The Kier molecular flexibility index (Phi) is 8.36. The van der Waals surface area contributed by atoms with E-state index in [0.29, 0.717) is 6.04 Å². The molecule has 2 nitrogen and oxygen atoms in total. The normalized spacial score (nSPS) is 12.7. The minimum absolute atomic E-state index is 0.712. The molecule has 0 spiro atoms. The summed E-state index contributed by atoms with van der Waals surface area (Å²) >= 11 is 0. The number of aryl methyl sites for hydroxylation is 1. The number of nitrogens with zero attached hydrogens (tertiary/aromatic N) is 1. The number of unbranched alkanes of at least 4 members (excludes halogenated alkanes) is 2. The Balaban J connectivity index is 2.10. The van der Waals surface area contributed by atoms with Gasteiger partial charge >= 0.3 is 0 Å². The van der Waals surface area contributed by atoms with Gasteiger partial charge in [0.2, 0.25) is 0 Å². The zero-order valence-electron chi connectivity index (χ0n) is 13.7. The van der Waals surface area contributed by atoms with Gasteiger partial charge in [-0.05, 0) is 70.3 Å². The second-order valence-electron chi connectivity index (χ2n) is 5.61. The second kappa shape index (κ2) is 9.82. The van der Waals surface area contributed by atoms with Gasteiger partial charge < -0.3 is 9.64 Å². The van der Waals surface area contributed by atoms with Crippen molar-refractivity contribution in [2.45, 2.75) is 59.4 Å². The van der Waals surface area contributed by atoms with Crippen LogP contribution in [0.25, 0.3) is 0 Å². The van der Waals surface area contributed by atoms with Crippen molar-refractivity contribution in [2.24, 2.45) is 0 Å². The van der Waals surface area contributed by atoms with Crippen molar-refractivity contribution in [1.82, 2.24) is 4.90 Å². The predicted octanol–water partition coefficient (Wildman–Crippen LogP) is 4.66. The zero-order valence-corrected chi connectivity index (χ0v) is 13.7. The molecule has 1 aromatic rings. The van der Waals surface area contributed by atoms with E-state index in [2.05, 4.69) is 50.8 Å². The Hall–Kier alpha value is -1.02. The van der Waals surface area contributed by atoms with Gasteiger partial charge in [-0.15, -0.1) is 0 Å². The molecular weight excluding hydrogens is 246 g/mol. The van der Waals surface area contributed by atoms with Crippen LogP contribution in [-0.2, 0) is 0 Å². The van der Waals surface area contributed by atoms with Gasteiger partial charge in [-0.25, -0.2) is 0 Å². The summed E-state index contributed by atoms with van der Waals surface area (Å²) in [5, 5.41) is 0. The lowest BCUT2D eigenvalue weighted by atomic mass is 10.2. The molecule has 0 aromatic heterocycles. The summed E-state index contributed by atoms with van der Waals surface area (Å²) in [5.74, 6) is 1.000. The molecule has 0 N–H and O–H groups in total. The molecule has 0 radical (unpaired) electrons. The van der Waals surface area contributed by atoms with Gasteiger partial charge in [-0.3, -0.25) is 0 Å². The Bertz CT molecular complexity index is 364. The average Bonchev–Trinajstić information content (AvgIpc) is 2.46. The lowest BCUT2D eigenvalue weighted by Gasteiger charge is -2.26. The topological polar surface area (TPSA) is 12.5 Å². The number of benzene rings is 1. The highest BCUT2D eigenvalue weighted by Crippen LogP contribution is 2.13. The van der Waals surface area contributed by atoms with E-state index in [1.807, 2.05) is 6.07 Å². The van der Waals surface area contributed by atoms with Gasteiger partial charge in [0.25, 0.3) is 0 Å². The zero-order chi connectivity index (χ0) is 14.8. The fourth-order valence-corrected chi connectivity index (χ4v) is 2.44. The van der Waals surface area contributed by atoms with Crippen LogP contribution in [0.5, 0.6) is 5.75 Å². The molecule has 1 unspecified atom stereocenters. The second-order valence-corrected chi connectivity index (χ2v) is 5.61. The molecule has 0 saturated carbocycles. The third-order valence-corrected chi connectivity index (χ3v) is 3.97. The maximum atomic E-state index is 5.78. The lowest BCUT2D eigenvalue weighted by Crippen LogP contribution is -2.33. The molecule has 114 valence electrons. The smallest absolute Gasteiger partial charge is 0.119 e. The molecule has 1 atom stereocenters. The Morgan fingerprint density at radius 1 is 1.15 bits per heavy atom. The maximum Gasteiger partial charge on any atom is 0.119 e. The van der Waals surface area contributed by atoms with Crippen molar-refractivity contribution < 1.29 is 4.74 Å². The molecule has 0 aliphatic rings. The van der Waals surface area contributed by atoms with Crippen LogP contribution < -0.4 is 4.74 Å². The van der Waals surface area contributed by atoms with E-state index in [1.54, 1.807) is 0 Å². The number of ether oxygens (including phenoxy) is 1. The van der Waals surface area contributed by atoms with E-state index in [9.17, 15) is 0 Å². The Morgan fingerprint density at radius 3 is 2.60 bits per heavy atom. The first-order chi connectivity index (χ1) is 9.67. The first kappa shape index (κ1) is 17.0. The standard InChI is InChI=1S/C18H31NO/c1-5-17(4)19(6-2)13-8-7-9-14-20-18-12-10-11-16(3)15-18/h10-12,15,17H,5-9,13-14H2,1-4H3. The van der Waals surface area contributed by atoms with Crippen LogP contribution in [0.3, 0.4) is 0 Å². The van der Waals surface area contributed by atoms with E-state index < -0.39 is 0 Å². The van der Waals surface area contributed by atoms with Crippen molar-refractivity contribution in [1.29, 1.82) is 0 Å². The molecule has 2 heteroatoms. The van der Waals surface area contributed by atoms with Crippen molar-refractivity contribution in [3.05, 3.63) is 29.8 Å². The number of hydrogen-bond donors (Lipinski definition) is 0. The lowest BCUT2D eigenvalue weighted by molar-refractivity contribution is 0.207. The number of hydrogen-bond acceptors (Lipinski definition) is 2. The summed E-state index contributed by atoms with van der Waals surface area (Å²) in [6.07, 6.45) is 4.91. The van der Waals surface area contributed by atoms with E-state index in [0.717, 1.165) is 25.3 Å². The van der Waals surface area contributed by atoms with Gasteiger partial charge in [0, 0.05) is 6.04 Å². The SMILES string of the molecule is CCC(C)N(CC)CCCCCOc1cccc(C)c1. The fraction of sp³-hybridized carbons (Fsp3) is 0.667. The highest BCUT2D eigenvalue weighted by molar-refractivity contribution is 5.27. The highest BCUT2D eigenvalue weighted by atomic mass is 16.5. The molecular formula is C18H31NO. The van der Waals surface area contributed by atoms with Crippen LogP contribution in [0.4, 0.5) is 0 Å². The molecule has 1 aromatic carbocycles. The minimum atomic E-state index is 0.712. The maximum absolute atomic E-state index is 5.78. The van der Waals surface area contributed by atoms with Crippen LogP contribution in [0.2, 0.25) is 0 Å². The largest absolute Gasteiger partial charge is 0.494 e. The molecule has 0 heterocycles. The fourth-order valence-electron chi connectivity index (χ4n) is 2.44. The summed E-state index contributed by atoms with van der Waals surface area (Å²) in [5.41, 5.74) is 1.26. The van der Waals surface area contributed by atoms with Gasteiger partial charge in [-0.2, -0.15) is 0 Å². The summed E-state index contributed by atoms with van der Waals surface area (Å²) in [6.45, 7) is 12.2. The summed E-state index contributed by atoms with van der Waals surface area (Å²) in [6, 6.07) is 9.00. The first-order valence-corrected chi connectivity index (χ1v) is 8.10.